The third-order valence-corrected chi connectivity index (χ3v) is 4.03. The van der Waals surface area contributed by atoms with Crippen molar-refractivity contribution in [2.45, 2.75) is 26.3 Å². The van der Waals surface area contributed by atoms with Crippen LogP contribution in [0.25, 0.3) is 0 Å². The van der Waals surface area contributed by atoms with E-state index in [1.807, 2.05) is 44.2 Å². The van der Waals surface area contributed by atoms with E-state index in [0.717, 1.165) is 17.7 Å². The fourth-order valence-electron chi connectivity index (χ4n) is 2.97. The van der Waals surface area contributed by atoms with Gasteiger partial charge in [0.15, 0.2) is 0 Å². The van der Waals surface area contributed by atoms with Crippen LogP contribution < -0.4 is 10.2 Å². The molecule has 1 aliphatic heterocycles. The Bertz CT molecular complexity index is 714. The van der Waals surface area contributed by atoms with Gasteiger partial charge in [-0.05, 0) is 49.6 Å². The van der Waals surface area contributed by atoms with Crippen LogP contribution in [0.5, 0.6) is 0 Å². The van der Waals surface area contributed by atoms with E-state index < -0.39 is 0 Å². The molecule has 1 heterocycles. The Labute approximate surface area is 129 Å². The van der Waals surface area contributed by atoms with Crippen molar-refractivity contribution >= 4 is 17.3 Å². The van der Waals surface area contributed by atoms with Crippen LogP contribution in [0.3, 0.4) is 0 Å². The molecule has 0 fully saturated rings. The molecule has 0 unspecified atom stereocenters. The molecule has 0 saturated carbocycles. The molecule has 4 heteroatoms. The number of aryl methyl sites for hydroxylation is 1. The number of hydrogen-bond acceptors (Lipinski definition) is 2. The maximum Gasteiger partial charge on any atom is 0.246 e. The molecule has 3 nitrogen and oxygen atoms in total. The number of amides is 1. The lowest BCUT2D eigenvalue weighted by Crippen LogP contribution is -2.39. The van der Waals surface area contributed by atoms with Crippen LogP contribution in [0.4, 0.5) is 15.8 Å². The Balaban J connectivity index is 1.72. The van der Waals surface area contributed by atoms with Crippen LogP contribution >= 0.6 is 0 Å². The summed E-state index contributed by atoms with van der Waals surface area (Å²) in [4.78, 5) is 14.3. The van der Waals surface area contributed by atoms with Crippen molar-refractivity contribution < 1.29 is 9.18 Å². The van der Waals surface area contributed by atoms with Gasteiger partial charge in [0.05, 0.1) is 12.2 Å². The number of halogens is 1. The van der Waals surface area contributed by atoms with Crippen LogP contribution in [-0.2, 0) is 11.2 Å². The highest BCUT2D eigenvalue weighted by Crippen LogP contribution is 2.31. The minimum absolute atomic E-state index is 0.0441. The number of fused-ring (bicyclic) bond motifs is 1. The first-order chi connectivity index (χ1) is 10.6. The van der Waals surface area contributed by atoms with E-state index in [-0.39, 0.29) is 24.3 Å². The maximum atomic E-state index is 13.8. The summed E-state index contributed by atoms with van der Waals surface area (Å²) in [6, 6.07) is 13.0. The van der Waals surface area contributed by atoms with Crippen molar-refractivity contribution in [2.75, 3.05) is 16.8 Å². The van der Waals surface area contributed by atoms with Crippen molar-refractivity contribution in [3.8, 4) is 0 Å². The van der Waals surface area contributed by atoms with Crippen molar-refractivity contribution in [3.05, 3.63) is 59.4 Å². The highest BCUT2D eigenvalue weighted by Gasteiger charge is 2.30. The van der Waals surface area contributed by atoms with E-state index in [1.165, 1.54) is 11.6 Å². The number of hydrogen-bond donors (Lipinski definition) is 1. The van der Waals surface area contributed by atoms with E-state index in [9.17, 15) is 9.18 Å². The summed E-state index contributed by atoms with van der Waals surface area (Å²) in [5.74, 6) is -0.375. The fourth-order valence-corrected chi connectivity index (χ4v) is 2.97. The minimum Gasteiger partial charge on any atom is -0.374 e. The lowest BCUT2D eigenvalue weighted by atomic mass is 10.1. The van der Waals surface area contributed by atoms with E-state index in [2.05, 4.69) is 5.32 Å². The third kappa shape index (κ3) is 2.69. The Kier molecular flexibility index (Phi) is 3.84. The van der Waals surface area contributed by atoms with E-state index in [0.29, 0.717) is 5.69 Å². The van der Waals surface area contributed by atoms with Crippen molar-refractivity contribution in [1.29, 1.82) is 0 Å². The quantitative estimate of drug-likeness (QED) is 0.940. The molecule has 1 amide bonds. The average Bonchev–Trinajstić information content (AvgIpc) is 2.82. The van der Waals surface area contributed by atoms with Crippen LogP contribution in [0.2, 0.25) is 0 Å². The molecular formula is C18H19FN2O. The van der Waals surface area contributed by atoms with E-state index in [4.69, 9.17) is 0 Å². The number of rotatable bonds is 3. The molecule has 0 radical (unpaired) electrons. The summed E-state index contributed by atoms with van der Waals surface area (Å²) in [6.45, 7) is 3.95. The zero-order valence-corrected chi connectivity index (χ0v) is 12.8. The molecule has 2 aromatic carbocycles. The number of anilines is 2. The van der Waals surface area contributed by atoms with Gasteiger partial charge in [-0.25, -0.2) is 4.39 Å². The van der Waals surface area contributed by atoms with Crippen molar-refractivity contribution in [1.82, 2.24) is 0 Å². The molecule has 22 heavy (non-hydrogen) atoms. The Morgan fingerprint density at radius 2 is 2.09 bits per heavy atom. The molecule has 2 aromatic rings. The Morgan fingerprint density at radius 3 is 2.86 bits per heavy atom. The molecule has 0 spiro atoms. The number of carbonyl (C=O) groups is 1. The number of para-hydroxylation sites is 1. The topological polar surface area (TPSA) is 32.3 Å². The predicted octanol–water partition coefficient (Wildman–Crippen LogP) is 3.52. The van der Waals surface area contributed by atoms with Gasteiger partial charge >= 0.3 is 0 Å². The summed E-state index contributed by atoms with van der Waals surface area (Å²) in [5, 5.41) is 2.90. The number of carbonyl (C=O) groups excluding carboxylic acids is 1. The predicted molar refractivity (Wildman–Crippen MR) is 86.7 cm³/mol. The van der Waals surface area contributed by atoms with Gasteiger partial charge < -0.3 is 10.2 Å². The van der Waals surface area contributed by atoms with Crippen molar-refractivity contribution in [2.24, 2.45) is 0 Å². The number of nitrogens with zero attached hydrogens (tertiary/aromatic N) is 1. The Hall–Kier alpha value is -2.36. The van der Waals surface area contributed by atoms with Gasteiger partial charge in [-0.2, -0.15) is 0 Å². The second-order valence-electron chi connectivity index (χ2n) is 5.78. The summed E-state index contributed by atoms with van der Waals surface area (Å²) in [7, 11) is 0. The second kappa shape index (κ2) is 5.79. The van der Waals surface area contributed by atoms with Crippen LogP contribution in [-0.4, -0.2) is 18.5 Å². The van der Waals surface area contributed by atoms with Crippen LogP contribution in [0, 0.1) is 12.7 Å². The van der Waals surface area contributed by atoms with E-state index >= 15 is 0 Å². The first kappa shape index (κ1) is 14.6. The second-order valence-corrected chi connectivity index (χ2v) is 5.78. The van der Waals surface area contributed by atoms with Crippen LogP contribution in [0.1, 0.15) is 18.1 Å². The SMILES string of the molecule is Cc1ccc(NCC(=O)N2c3ccccc3C[C@H]2C)c(F)c1. The number of benzene rings is 2. The van der Waals surface area contributed by atoms with E-state index in [1.54, 1.807) is 11.0 Å². The van der Waals surface area contributed by atoms with Gasteiger partial charge in [0, 0.05) is 11.7 Å². The highest BCUT2D eigenvalue weighted by molar-refractivity contribution is 5.98. The molecular weight excluding hydrogens is 279 g/mol. The van der Waals surface area contributed by atoms with Gasteiger partial charge in [0.2, 0.25) is 5.91 Å². The lowest BCUT2D eigenvalue weighted by Gasteiger charge is -2.23. The molecule has 0 aliphatic carbocycles. The molecule has 1 aliphatic rings. The van der Waals surface area contributed by atoms with Gasteiger partial charge in [-0.3, -0.25) is 4.79 Å². The largest absolute Gasteiger partial charge is 0.374 e. The molecule has 0 aromatic heterocycles. The van der Waals surface area contributed by atoms with Gasteiger partial charge in [0.1, 0.15) is 5.82 Å². The first-order valence-electron chi connectivity index (χ1n) is 7.46. The normalized spacial score (nSPS) is 16.5. The molecule has 114 valence electrons. The Morgan fingerprint density at radius 1 is 1.32 bits per heavy atom. The number of nitrogens with one attached hydrogen (secondary N) is 1. The zero-order chi connectivity index (χ0) is 15.7. The monoisotopic (exact) mass is 298 g/mol. The van der Waals surface area contributed by atoms with Gasteiger partial charge in [-0.1, -0.05) is 24.3 Å². The standard InChI is InChI=1S/C18H19FN2O/c1-12-7-8-16(15(19)9-12)20-11-18(22)21-13(2)10-14-5-3-4-6-17(14)21/h3-9,13,20H,10-11H2,1-2H3/t13-/m1/s1. The first-order valence-corrected chi connectivity index (χ1v) is 7.46. The molecule has 1 N–H and O–H groups in total. The summed E-state index contributed by atoms with van der Waals surface area (Å²) >= 11 is 0. The molecule has 3 rings (SSSR count). The zero-order valence-electron chi connectivity index (χ0n) is 12.8. The third-order valence-electron chi connectivity index (χ3n) is 4.03. The summed E-state index contributed by atoms with van der Waals surface area (Å²) in [6.07, 6.45) is 0.862. The van der Waals surface area contributed by atoms with Gasteiger partial charge in [0.25, 0.3) is 0 Å². The summed E-state index contributed by atoms with van der Waals surface area (Å²) in [5.41, 5.74) is 3.37. The van der Waals surface area contributed by atoms with Gasteiger partial charge in [-0.15, -0.1) is 0 Å². The fraction of sp³-hybridized carbons (Fsp3) is 0.278. The lowest BCUT2D eigenvalue weighted by molar-refractivity contribution is -0.117. The molecule has 1 atom stereocenters. The average molecular weight is 298 g/mol. The highest BCUT2D eigenvalue weighted by atomic mass is 19.1. The summed E-state index contributed by atoms with van der Waals surface area (Å²) < 4.78 is 13.8. The minimum atomic E-state index is -0.331. The molecule has 0 bridgehead atoms. The maximum absolute atomic E-state index is 13.8. The smallest absolute Gasteiger partial charge is 0.246 e. The van der Waals surface area contributed by atoms with Crippen molar-refractivity contribution in [3.63, 3.8) is 0 Å². The molecule has 0 saturated heterocycles. The van der Waals surface area contributed by atoms with Crippen LogP contribution in [0.15, 0.2) is 42.5 Å².